The molecule has 0 radical (unpaired) electrons. The molecule has 2 saturated heterocycles. The number of rotatable bonds is 4. The van der Waals surface area contributed by atoms with Crippen LogP contribution in [0, 0.1) is 5.82 Å². The fourth-order valence-electron chi connectivity index (χ4n) is 3.21. The third-order valence-electron chi connectivity index (χ3n) is 4.87. The van der Waals surface area contributed by atoms with E-state index in [0.29, 0.717) is 13.1 Å². The fourth-order valence-corrected chi connectivity index (χ4v) is 4.71. The fraction of sp³-hybridized carbons (Fsp3) is 0.588. The number of halogens is 1. The van der Waals surface area contributed by atoms with Gasteiger partial charge in [-0.1, -0.05) is 6.92 Å². The zero-order valence-electron chi connectivity index (χ0n) is 14.9. The van der Waals surface area contributed by atoms with Crippen LogP contribution in [0.15, 0.2) is 23.1 Å². The molecule has 0 unspecified atom stereocenters. The van der Waals surface area contributed by atoms with E-state index in [2.05, 4.69) is 11.8 Å². The number of benzene rings is 1. The van der Waals surface area contributed by atoms with E-state index < -0.39 is 20.7 Å². The maximum atomic E-state index is 14.3. The monoisotopic (exact) mass is 385 g/mol. The van der Waals surface area contributed by atoms with E-state index in [9.17, 15) is 17.6 Å². The highest BCUT2D eigenvalue weighted by molar-refractivity contribution is 7.89. The molecule has 0 N–H and O–H groups in total. The summed E-state index contributed by atoms with van der Waals surface area (Å²) in [5.74, 6) is -1.11. The Hall–Kier alpha value is -1.55. The predicted octanol–water partition coefficient (Wildman–Crippen LogP) is 0.624. The number of morpholine rings is 1. The normalized spacial score (nSPS) is 20.3. The number of piperazine rings is 1. The quantitative estimate of drug-likeness (QED) is 0.760. The van der Waals surface area contributed by atoms with Crippen molar-refractivity contribution in [3.05, 3.63) is 29.6 Å². The Bertz CT molecular complexity index is 757. The number of amides is 1. The van der Waals surface area contributed by atoms with Gasteiger partial charge >= 0.3 is 0 Å². The smallest absolute Gasteiger partial charge is 0.253 e. The van der Waals surface area contributed by atoms with Crippen molar-refractivity contribution in [3.8, 4) is 0 Å². The SMILES string of the molecule is CCN1CCN(C(=O)c2ccc(F)c(S(=O)(=O)N3CCOCC3)c2)CC1. The van der Waals surface area contributed by atoms with Crippen LogP contribution in [-0.4, -0.2) is 87.5 Å². The summed E-state index contributed by atoms with van der Waals surface area (Å²) >= 11 is 0. The molecule has 26 heavy (non-hydrogen) atoms. The molecule has 0 aromatic heterocycles. The zero-order valence-corrected chi connectivity index (χ0v) is 15.7. The van der Waals surface area contributed by atoms with Crippen LogP contribution in [0.4, 0.5) is 4.39 Å². The Morgan fingerprint density at radius 3 is 2.38 bits per heavy atom. The van der Waals surface area contributed by atoms with E-state index in [-0.39, 0.29) is 37.8 Å². The molecule has 0 spiro atoms. The van der Waals surface area contributed by atoms with Crippen molar-refractivity contribution >= 4 is 15.9 Å². The van der Waals surface area contributed by atoms with Gasteiger partial charge in [0.05, 0.1) is 13.2 Å². The molecule has 0 aliphatic carbocycles. The van der Waals surface area contributed by atoms with Crippen molar-refractivity contribution in [1.82, 2.24) is 14.1 Å². The molecule has 1 aromatic rings. The van der Waals surface area contributed by atoms with Crippen LogP contribution >= 0.6 is 0 Å². The molecule has 2 aliphatic heterocycles. The number of carbonyl (C=O) groups excluding carboxylic acids is 1. The van der Waals surface area contributed by atoms with E-state index in [1.165, 1.54) is 10.4 Å². The van der Waals surface area contributed by atoms with E-state index in [4.69, 9.17) is 4.74 Å². The van der Waals surface area contributed by atoms with Crippen molar-refractivity contribution in [2.75, 3.05) is 59.0 Å². The van der Waals surface area contributed by atoms with E-state index in [0.717, 1.165) is 31.8 Å². The van der Waals surface area contributed by atoms with Gasteiger partial charge in [-0.3, -0.25) is 4.79 Å². The Morgan fingerprint density at radius 1 is 1.12 bits per heavy atom. The minimum atomic E-state index is -3.99. The first-order valence-corrected chi connectivity index (χ1v) is 10.3. The third-order valence-corrected chi connectivity index (χ3v) is 6.79. The lowest BCUT2D eigenvalue weighted by Gasteiger charge is -2.34. The molecule has 144 valence electrons. The van der Waals surface area contributed by atoms with Crippen molar-refractivity contribution in [2.24, 2.45) is 0 Å². The van der Waals surface area contributed by atoms with Crippen LogP contribution in [0.3, 0.4) is 0 Å². The average Bonchev–Trinajstić information content (AvgIpc) is 2.68. The van der Waals surface area contributed by atoms with Crippen molar-refractivity contribution < 1.29 is 22.3 Å². The Morgan fingerprint density at radius 2 is 1.77 bits per heavy atom. The van der Waals surface area contributed by atoms with Gasteiger partial charge in [-0.2, -0.15) is 4.31 Å². The number of ether oxygens (including phenoxy) is 1. The lowest BCUT2D eigenvalue weighted by molar-refractivity contribution is 0.0643. The lowest BCUT2D eigenvalue weighted by Crippen LogP contribution is -2.48. The average molecular weight is 385 g/mol. The third kappa shape index (κ3) is 3.90. The van der Waals surface area contributed by atoms with Gasteiger partial charge in [-0.15, -0.1) is 0 Å². The second-order valence-corrected chi connectivity index (χ2v) is 8.29. The Kier molecular flexibility index (Phi) is 5.91. The standard InChI is InChI=1S/C17H24FN3O4S/c1-2-19-5-7-20(8-6-19)17(22)14-3-4-15(18)16(13-14)26(23,24)21-9-11-25-12-10-21/h3-4,13H,2,5-12H2,1H3. The molecule has 0 bridgehead atoms. The second kappa shape index (κ2) is 7.99. The predicted molar refractivity (Wildman–Crippen MR) is 94.0 cm³/mol. The van der Waals surface area contributed by atoms with Gasteiger partial charge in [0, 0.05) is 44.8 Å². The summed E-state index contributed by atoms with van der Waals surface area (Å²) in [7, 11) is -3.99. The van der Waals surface area contributed by atoms with E-state index >= 15 is 0 Å². The highest BCUT2D eigenvalue weighted by atomic mass is 32.2. The largest absolute Gasteiger partial charge is 0.379 e. The first kappa shape index (κ1) is 19.2. The summed E-state index contributed by atoms with van der Waals surface area (Å²) in [5.41, 5.74) is 0.197. The van der Waals surface area contributed by atoms with Gasteiger partial charge in [-0.25, -0.2) is 12.8 Å². The first-order valence-electron chi connectivity index (χ1n) is 8.82. The number of hydrogen-bond donors (Lipinski definition) is 0. The van der Waals surface area contributed by atoms with Crippen molar-refractivity contribution in [2.45, 2.75) is 11.8 Å². The summed E-state index contributed by atoms with van der Waals surface area (Å²) in [4.78, 5) is 16.2. The molecule has 0 atom stereocenters. The van der Waals surface area contributed by atoms with Crippen LogP contribution in [0.25, 0.3) is 0 Å². The summed E-state index contributed by atoms with van der Waals surface area (Å²) in [6.45, 7) is 6.64. The number of sulfonamides is 1. The Labute approximate surface area is 153 Å². The lowest BCUT2D eigenvalue weighted by atomic mass is 10.1. The van der Waals surface area contributed by atoms with Gasteiger partial charge in [0.25, 0.3) is 5.91 Å². The zero-order chi connectivity index (χ0) is 18.7. The summed E-state index contributed by atoms with van der Waals surface area (Å²) in [5, 5.41) is 0. The minimum Gasteiger partial charge on any atom is -0.379 e. The summed E-state index contributed by atoms with van der Waals surface area (Å²) in [6.07, 6.45) is 0. The summed E-state index contributed by atoms with van der Waals surface area (Å²) in [6, 6.07) is 3.57. The van der Waals surface area contributed by atoms with Gasteiger partial charge in [0.1, 0.15) is 10.7 Å². The molecule has 1 amide bonds. The number of likely N-dealkylation sites (N-methyl/N-ethyl adjacent to an activating group) is 1. The van der Waals surface area contributed by atoms with Crippen molar-refractivity contribution in [3.63, 3.8) is 0 Å². The van der Waals surface area contributed by atoms with Crippen LogP contribution in [0.5, 0.6) is 0 Å². The van der Waals surface area contributed by atoms with Crippen LogP contribution in [0.1, 0.15) is 17.3 Å². The number of carbonyl (C=O) groups is 1. The van der Waals surface area contributed by atoms with Gasteiger partial charge in [-0.05, 0) is 24.7 Å². The molecule has 1 aromatic carbocycles. The van der Waals surface area contributed by atoms with E-state index in [1.807, 2.05) is 0 Å². The molecule has 3 rings (SSSR count). The molecule has 2 aliphatic rings. The minimum absolute atomic E-state index is 0.179. The van der Waals surface area contributed by atoms with Crippen molar-refractivity contribution in [1.29, 1.82) is 0 Å². The maximum Gasteiger partial charge on any atom is 0.253 e. The van der Waals surface area contributed by atoms with E-state index in [1.54, 1.807) is 4.90 Å². The van der Waals surface area contributed by atoms with Crippen LogP contribution < -0.4 is 0 Å². The molecule has 2 fully saturated rings. The van der Waals surface area contributed by atoms with Gasteiger partial charge in [0.2, 0.25) is 10.0 Å². The molecular formula is C17H24FN3O4S. The Balaban J connectivity index is 1.82. The summed E-state index contributed by atoms with van der Waals surface area (Å²) < 4.78 is 46.1. The number of hydrogen-bond acceptors (Lipinski definition) is 5. The van der Waals surface area contributed by atoms with Gasteiger partial charge in [0.15, 0.2) is 0 Å². The molecular weight excluding hydrogens is 361 g/mol. The molecule has 7 nitrogen and oxygen atoms in total. The molecule has 2 heterocycles. The van der Waals surface area contributed by atoms with Gasteiger partial charge < -0.3 is 14.5 Å². The number of nitrogens with zero attached hydrogens (tertiary/aromatic N) is 3. The van der Waals surface area contributed by atoms with Crippen LogP contribution in [-0.2, 0) is 14.8 Å². The highest BCUT2D eigenvalue weighted by Gasteiger charge is 2.30. The van der Waals surface area contributed by atoms with Crippen LogP contribution in [0.2, 0.25) is 0 Å². The molecule has 0 saturated carbocycles. The highest BCUT2D eigenvalue weighted by Crippen LogP contribution is 2.22. The maximum absolute atomic E-state index is 14.3. The topological polar surface area (TPSA) is 70.2 Å². The first-order chi connectivity index (χ1) is 12.4. The second-order valence-electron chi connectivity index (χ2n) is 6.39. The molecule has 9 heteroatoms.